The summed E-state index contributed by atoms with van der Waals surface area (Å²) in [6.07, 6.45) is 0.823. The first-order chi connectivity index (χ1) is 8.47. The first-order valence-corrected chi connectivity index (χ1v) is 7.13. The first-order valence-electron chi connectivity index (χ1n) is 6.25. The van der Waals surface area contributed by atoms with Crippen LogP contribution in [0.3, 0.4) is 0 Å². The van der Waals surface area contributed by atoms with Crippen molar-refractivity contribution >= 4 is 17.4 Å². The number of carbonyl (C=O) groups excluding carboxylic acids is 1. The molecule has 0 saturated carbocycles. The minimum absolute atomic E-state index is 0.104. The van der Waals surface area contributed by atoms with Crippen molar-refractivity contribution in [3.05, 3.63) is 22.4 Å². The van der Waals surface area contributed by atoms with Gasteiger partial charge in [0.1, 0.15) is 0 Å². The predicted octanol–water partition coefficient (Wildman–Crippen LogP) is 2.28. The van der Waals surface area contributed by atoms with Crippen molar-refractivity contribution in [1.82, 2.24) is 9.80 Å². The van der Waals surface area contributed by atoms with E-state index in [4.69, 9.17) is 5.73 Å². The molecule has 18 heavy (non-hydrogen) atoms. The Hall–Kier alpha value is -1.07. The van der Waals surface area contributed by atoms with E-state index < -0.39 is 0 Å². The molecular weight excluding hydrogens is 246 g/mol. The van der Waals surface area contributed by atoms with Crippen molar-refractivity contribution in [2.45, 2.75) is 31.8 Å². The Morgan fingerprint density at radius 3 is 2.83 bits per heavy atom. The monoisotopic (exact) mass is 267 g/mol. The third kappa shape index (κ3) is 2.24. The fourth-order valence-electron chi connectivity index (χ4n) is 2.45. The van der Waals surface area contributed by atoms with Crippen LogP contribution in [-0.2, 0) is 0 Å². The maximum atomic E-state index is 12.3. The van der Waals surface area contributed by atoms with Gasteiger partial charge < -0.3 is 15.5 Å². The lowest BCUT2D eigenvalue weighted by atomic mass is 9.98. The summed E-state index contributed by atoms with van der Waals surface area (Å²) in [7, 11) is 1.88. The third-order valence-corrected chi connectivity index (χ3v) is 4.69. The van der Waals surface area contributed by atoms with Crippen LogP contribution in [0, 0.1) is 0 Å². The molecule has 2 heterocycles. The number of thiophene rings is 1. The van der Waals surface area contributed by atoms with E-state index in [0.717, 1.165) is 13.0 Å². The van der Waals surface area contributed by atoms with Gasteiger partial charge in [-0.15, -0.1) is 11.3 Å². The van der Waals surface area contributed by atoms with Crippen LogP contribution < -0.4 is 5.73 Å². The van der Waals surface area contributed by atoms with E-state index in [1.54, 1.807) is 11.3 Å². The summed E-state index contributed by atoms with van der Waals surface area (Å²) in [5, 5.41) is 2.06. The molecule has 1 atom stereocenters. The van der Waals surface area contributed by atoms with E-state index in [2.05, 4.69) is 25.3 Å². The van der Waals surface area contributed by atoms with Crippen LogP contribution in [0.15, 0.2) is 17.5 Å². The smallest absolute Gasteiger partial charge is 0.320 e. The molecule has 2 amide bonds. The Kier molecular flexibility index (Phi) is 3.64. The van der Waals surface area contributed by atoms with Crippen LogP contribution in [0.2, 0.25) is 0 Å². The molecule has 0 aliphatic carbocycles. The van der Waals surface area contributed by atoms with Crippen LogP contribution in [0.5, 0.6) is 0 Å². The Labute approximate surface area is 112 Å². The first kappa shape index (κ1) is 13.4. The summed E-state index contributed by atoms with van der Waals surface area (Å²) in [4.78, 5) is 17.4. The third-order valence-electron chi connectivity index (χ3n) is 3.71. The molecule has 1 aromatic heterocycles. The van der Waals surface area contributed by atoms with Crippen LogP contribution >= 0.6 is 11.3 Å². The van der Waals surface area contributed by atoms with Crippen molar-refractivity contribution in [2.75, 3.05) is 20.1 Å². The summed E-state index contributed by atoms with van der Waals surface area (Å²) in [5.41, 5.74) is 5.47. The summed E-state index contributed by atoms with van der Waals surface area (Å²) in [6, 6.07) is 4.41. The molecule has 0 aromatic carbocycles. The van der Waals surface area contributed by atoms with Crippen molar-refractivity contribution in [3.63, 3.8) is 0 Å². The highest BCUT2D eigenvalue weighted by molar-refractivity contribution is 7.10. The topological polar surface area (TPSA) is 49.6 Å². The lowest BCUT2D eigenvalue weighted by molar-refractivity contribution is 0.145. The molecular formula is C13H21N3OS. The Bertz CT molecular complexity index is 416. The number of nitrogens with zero attached hydrogens (tertiary/aromatic N) is 2. The molecule has 1 aliphatic heterocycles. The van der Waals surface area contributed by atoms with Crippen LogP contribution in [0.4, 0.5) is 4.79 Å². The van der Waals surface area contributed by atoms with E-state index >= 15 is 0 Å². The molecule has 100 valence electrons. The van der Waals surface area contributed by atoms with Crippen molar-refractivity contribution in [3.8, 4) is 0 Å². The Morgan fingerprint density at radius 2 is 2.28 bits per heavy atom. The average molecular weight is 267 g/mol. The van der Waals surface area contributed by atoms with Crippen LogP contribution in [0.1, 0.15) is 31.2 Å². The van der Waals surface area contributed by atoms with Gasteiger partial charge >= 0.3 is 6.03 Å². The van der Waals surface area contributed by atoms with Crippen LogP contribution in [0.25, 0.3) is 0 Å². The summed E-state index contributed by atoms with van der Waals surface area (Å²) >= 11 is 1.71. The molecule has 4 nitrogen and oxygen atoms in total. The number of likely N-dealkylation sites (N-methyl/N-ethyl adjacent to an activating group) is 1. The minimum atomic E-state index is -0.175. The number of rotatable bonds is 4. The molecule has 1 aliphatic rings. The lowest BCUT2D eigenvalue weighted by Gasteiger charge is -2.34. The molecule has 0 bridgehead atoms. The molecule has 0 radical (unpaired) electrons. The van der Waals surface area contributed by atoms with Crippen molar-refractivity contribution in [1.29, 1.82) is 0 Å². The van der Waals surface area contributed by atoms with Gasteiger partial charge in [0.2, 0.25) is 0 Å². The van der Waals surface area contributed by atoms with Gasteiger partial charge in [-0.05, 0) is 38.3 Å². The summed E-state index contributed by atoms with van der Waals surface area (Å²) in [6.45, 7) is 5.53. The van der Waals surface area contributed by atoms with Crippen molar-refractivity contribution < 1.29 is 4.79 Å². The van der Waals surface area contributed by atoms with Crippen LogP contribution in [-0.4, -0.2) is 41.5 Å². The summed E-state index contributed by atoms with van der Waals surface area (Å²) < 4.78 is 0. The average Bonchev–Trinajstić information content (AvgIpc) is 2.89. The number of hydrogen-bond acceptors (Lipinski definition) is 3. The molecule has 1 unspecified atom stereocenters. The van der Waals surface area contributed by atoms with E-state index in [-0.39, 0.29) is 17.6 Å². The zero-order valence-corrected chi connectivity index (χ0v) is 12.0. The number of carbonyl (C=O) groups is 1. The maximum absolute atomic E-state index is 12.3. The molecule has 0 spiro atoms. The number of amides is 2. The SMILES string of the molecule is CN1C(=O)N(C(C)(C)CCN)CC1c1cccs1. The van der Waals surface area contributed by atoms with Gasteiger partial charge in [0.25, 0.3) is 0 Å². The van der Waals surface area contributed by atoms with E-state index in [9.17, 15) is 4.79 Å². The highest BCUT2D eigenvalue weighted by Crippen LogP contribution is 2.35. The predicted molar refractivity (Wildman–Crippen MR) is 74.7 cm³/mol. The zero-order chi connectivity index (χ0) is 13.3. The Morgan fingerprint density at radius 1 is 1.56 bits per heavy atom. The second kappa shape index (κ2) is 4.90. The zero-order valence-electron chi connectivity index (χ0n) is 11.2. The fourth-order valence-corrected chi connectivity index (χ4v) is 3.31. The van der Waals surface area contributed by atoms with E-state index in [0.29, 0.717) is 6.54 Å². The van der Waals surface area contributed by atoms with Gasteiger partial charge in [-0.25, -0.2) is 4.79 Å². The van der Waals surface area contributed by atoms with Crippen molar-refractivity contribution in [2.24, 2.45) is 5.73 Å². The van der Waals surface area contributed by atoms with Gasteiger partial charge in [0, 0.05) is 24.0 Å². The molecule has 1 fully saturated rings. The number of urea groups is 1. The largest absolute Gasteiger partial charge is 0.330 e. The quantitative estimate of drug-likeness (QED) is 0.910. The van der Waals surface area contributed by atoms with Gasteiger partial charge in [-0.2, -0.15) is 0 Å². The van der Waals surface area contributed by atoms with Gasteiger partial charge in [-0.1, -0.05) is 6.07 Å². The summed E-state index contributed by atoms with van der Waals surface area (Å²) in [5.74, 6) is 0. The fraction of sp³-hybridized carbons (Fsp3) is 0.615. The maximum Gasteiger partial charge on any atom is 0.320 e. The second-order valence-corrected chi connectivity index (χ2v) is 6.37. The number of hydrogen-bond donors (Lipinski definition) is 1. The minimum Gasteiger partial charge on any atom is -0.330 e. The standard InChI is InChI=1S/C13H21N3OS/c1-13(2,6-7-14)16-9-10(15(3)12(16)17)11-5-4-8-18-11/h4-5,8,10H,6-7,9,14H2,1-3H3. The van der Waals surface area contributed by atoms with E-state index in [1.165, 1.54) is 4.88 Å². The normalized spacial score (nSPS) is 20.9. The highest BCUT2D eigenvalue weighted by Gasteiger charge is 2.42. The Balaban J connectivity index is 2.20. The van der Waals surface area contributed by atoms with Gasteiger partial charge in [-0.3, -0.25) is 0 Å². The highest BCUT2D eigenvalue weighted by atomic mass is 32.1. The van der Waals surface area contributed by atoms with E-state index in [1.807, 2.05) is 22.9 Å². The molecule has 5 heteroatoms. The molecule has 1 aromatic rings. The molecule has 2 N–H and O–H groups in total. The second-order valence-electron chi connectivity index (χ2n) is 5.39. The molecule has 1 saturated heterocycles. The number of nitrogens with two attached hydrogens (primary N) is 1. The van der Waals surface area contributed by atoms with Gasteiger partial charge in [0.15, 0.2) is 0 Å². The lowest BCUT2D eigenvalue weighted by Crippen LogP contribution is -2.47. The van der Waals surface area contributed by atoms with Gasteiger partial charge in [0.05, 0.1) is 6.04 Å². The molecule has 2 rings (SSSR count).